The van der Waals surface area contributed by atoms with Crippen LogP contribution in [0.4, 0.5) is 5.00 Å². The summed E-state index contributed by atoms with van der Waals surface area (Å²) in [4.78, 5) is 27.9. The second-order valence-corrected chi connectivity index (χ2v) is 7.95. The summed E-state index contributed by atoms with van der Waals surface area (Å²) >= 11 is 8.53. The van der Waals surface area contributed by atoms with Gasteiger partial charge >= 0.3 is 5.00 Å². The Morgan fingerprint density at radius 1 is 1.38 bits per heavy atom. The average molecular weight is 408 g/mol. The smallest absolute Gasteiger partial charge is 0.316 e. The molecule has 26 heavy (non-hydrogen) atoms. The number of hydrogen-bond acceptors (Lipinski definition) is 5. The van der Waals surface area contributed by atoms with E-state index in [0.717, 1.165) is 27.1 Å². The van der Waals surface area contributed by atoms with E-state index in [1.807, 2.05) is 30.5 Å². The number of rotatable bonds is 4. The molecule has 0 spiro atoms. The van der Waals surface area contributed by atoms with Gasteiger partial charge in [0, 0.05) is 28.6 Å². The molecule has 0 aliphatic carbocycles. The van der Waals surface area contributed by atoms with Gasteiger partial charge in [-0.1, -0.05) is 34.3 Å². The number of hydrogen-bond donors (Lipinski definition) is 0. The fraction of sp³-hybridized carbons (Fsp3) is 0.176. The van der Waals surface area contributed by atoms with Gasteiger partial charge in [0.1, 0.15) is 0 Å². The van der Waals surface area contributed by atoms with Crippen LogP contribution in [0, 0.1) is 17.0 Å². The molecule has 0 saturated carbocycles. The molecular formula is C17H14ClN3O3S2. The highest BCUT2D eigenvalue weighted by Gasteiger charge is 2.10. The lowest BCUT2D eigenvalue weighted by Crippen LogP contribution is -2.15. The zero-order valence-electron chi connectivity index (χ0n) is 13.9. The predicted molar refractivity (Wildman–Crippen MR) is 106 cm³/mol. The van der Waals surface area contributed by atoms with E-state index in [-0.39, 0.29) is 5.00 Å². The topological polar surface area (TPSA) is 77.5 Å². The molecule has 0 bridgehead atoms. The molecule has 0 N–H and O–H groups in total. The van der Waals surface area contributed by atoms with Crippen LogP contribution >= 0.6 is 34.3 Å². The fourth-order valence-electron chi connectivity index (χ4n) is 2.57. The Kier molecular flexibility index (Phi) is 5.36. The second-order valence-electron chi connectivity index (χ2n) is 5.41. The molecule has 3 rings (SSSR count). The number of amides is 1. The third-order valence-corrected chi connectivity index (χ3v) is 5.88. The number of carbonyl (C=O) groups is 1. The van der Waals surface area contributed by atoms with Crippen LogP contribution in [-0.4, -0.2) is 15.4 Å². The lowest BCUT2D eigenvalue weighted by atomic mass is 10.2. The molecule has 2 aromatic heterocycles. The summed E-state index contributed by atoms with van der Waals surface area (Å²) in [6.45, 7) is 4.64. The van der Waals surface area contributed by atoms with E-state index in [2.05, 4.69) is 4.99 Å². The van der Waals surface area contributed by atoms with Gasteiger partial charge in [0.25, 0.3) is 5.91 Å². The fourth-order valence-corrected chi connectivity index (χ4v) is 4.85. The maximum atomic E-state index is 12.2. The Balaban J connectivity index is 1.95. The lowest BCUT2D eigenvalue weighted by molar-refractivity contribution is -0.380. The molecule has 0 radical (unpaired) electrons. The molecule has 0 atom stereocenters. The van der Waals surface area contributed by atoms with Gasteiger partial charge in [-0.3, -0.25) is 14.9 Å². The van der Waals surface area contributed by atoms with Gasteiger partial charge in [0.2, 0.25) is 0 Å². The van der Waals surface area contributed by atoms with Gasteiger partial charge in [0.05, 0.1) is 15.1 Å². The van der Waals surface area contributed by atoms with Crippen LogP contribution in [-0.2, 0) is 11.3 Å². The molecule has 2 heterocycles. The van der Waals surface area contributed by atoms with Crippen LogP contribution in [0.3, 0.4) is 0 Å². The van der Waals surface area contributed by atoms with E-state index in [0.29, 0.717) is 21.2 Å². The Labute approximate surface area is 161 Å². The zero-order chi connectivity index (χ0) is 18.8. The van der Waals surface area contributed by atoms with Gasteiger partial charge in [-0.05, 0) is 43.7 Å². The van der Waals surface area contributed by atoms with Crippen molar-refractivity contribution in [2.24, 2.45) is 4.99 Å². The highest BCUT2D eigenvalue weighted by molar-refractivity contribution is 7.16. The quantitative estimate of drug-likeness (QED) is 0.354. The number of benzene rings is 1. The minimum atomic E-state index is -0.455. The molecule has 1 amide bonds. The Morgan fingerprint density at radius 3 is 2.81 bits per heavy atom. The number of aryl methyl sites for hydroxylation is 2. The molecule has 0 aliphatic rings. The van der Waals surface area contributed by atoms with Crippen LogP contribution in [0.2, 0.25) is 5.02 Å². The number of nitrogens with zero attached hydrogens (tertiary/aromatic N) is 3. The van der Waals surface area contributed by atoms with E-state index in [1.165, 1.54) is 29.6 Å². The summed E-state index contributed by atoms with van der Waals surface area (Å²) in [6.07, 6.45) is 2.86. The first kappa shape index (κ1) is 18.5. The first-order valence-corrected chi connectivity index (χ1v) is 9.70. The molecular weight excluding hydrogens is 394 g/mol. The number of thiazole rings is 1. The van der Waals surface area contributed by atoms with Gasteiger partial charge in [-0.15, -0.1) is 0 Å². The summed E-state index contributed by atoms with van der Waals surface area (Å²) in [5, 5.41) is 11.4. The largest absolute Gasteiger partial charge is 0.324 e. The first-order valence-electron chi connectivity index (χ1n) is 7.69. The van der Waals surface area contributed by atoms with Crippen LogP contribution < -0.4 is 4.80 Å². The number of halogens is 1. The Hall–Kier alpha value is -2.29. The van der Waals surface area contributed by atoms with Crippen molar-refractivity contribution < 1.29 is 9.72 Å². The highest BCUT2D eigenvalue weighted by Crippen LogP contribution is 2.26. The van der Waals surface area contributed by atoms with Gasteiger partial charge in [-0.25, -0.2) is 0 Å². The van der Waals surface area contributed by atoms with Crippen molar-refractivity contribution in [3.63, 3.8) is 0 Å². The van der Waals surface area contributed by atoms with Crippen molar-refractivity contribution in [3.8, 4) is 0 Å². The summed E-state index contributed by atoms with van der Waals surface area (Å²) in [6, 6.07) is 6.77. The molecule has 1 aromatic carbocycles. The monoisotopic (exact) mass is 407 g/mol. The number of aromatic nitrogens is 1. The molecule has 0 saturated heterocycles. The average Bonchev–Trinajstić information content (AvgIpc) is 3.17. The molecule has 0 unspecified atom stereocenters. The van der Waals surface area contributed by atoms with Crippen LogP contribution in [0.1, 0.15) is 17.4 Å². The van der Waals surface area contributed by atoms with Crippen LogP contribution in [0.5, 0.6) is 0 Å². The molecule has 6 nitrogen and oxygen atoms in total. The minimum absolute atomic E-state index is 0.0368. The first-order chi connectivity index (χ1) is 12.4. The molecule has 9 heteroatoms. The third kappa shape index (κ3) is 3.77. The van der Waals surface area contributed by atoms with Gasteiger partial charge in [-0.2, -0.15) is 4.99 Å². The van der Waals surface area contributed by atoms with Crippen LogP contribution in [0.25, 0.3) is 16.3 Å². The second kappa shape index (κ2) is 7.53. The number of carbonyl (C=O) groups excluding carboxylic acids is 1. The Morgan fingerprint density at radius 2 is 2.15 bits per heavy atom. The molecule has 0 aliphatic heterocycles. The maximum Gasteiger partial charge on any atom is 0.324 e. The van der Waals surface area contributed by atoms with Crippen LogP contribution in [0.15, 0.2) is 35.3 Å². The van der Waals surface area contributed by atoms with Crippen molar-refractivity contribution >= 4 is 61.5 Å². The highest BCUT2D eigenvalue weighted by atomic mass is 35.5. The molecule has 3 aromatic rings. The van der Waals surface area contributed by atoms with Crippen molar-refractivity contribution in [2.75, 3.05) is 0 Å². The normalized spacial score (nSPS) is 12.3. The van der Waals surface area contributed by atoms with E-state index >= 15 is 0 Å². The van der Waals surface area contributed by atoms with E-state index < -0.39 is 10.8 Å². The number of fused-ring (bicyclic) bond motifs is 1. The van der Waals surface area contributed by atoms with Crippen molar-refractivity contribution in [1.29, 1.82) is 0 Å². The predicted octanol–water partition coefficient (Wildman–Crippen LogP) is 4.79. The Bertz CT molecular complexity index is 1110. The van der Waals surface area contributed by atoms with E-state index in [1.54, 1.807) is 6.07 Å². The minimum Gasteiger partial charge on any atom is -0.316 e. The standard InChI is InChI=1S/C17H14ClN3O3S2/c1-3-20-16-10(2)8-11(18)9-13(16)26-17(20)19-14(22)6-4-12-5-7-15(25-12)21(23)24/h4-9H,3H2,1-2H3/b6-4+,19-17?. The SMILES string of the molecule is CCn1c(=NC(=O)/C=C/c2ccc([N+](=O)[O-])s2)sc2cc(Cl)cc(C)c21. The molecule has 134 valence electrons. The summed E-state index contributed by atoms with van der Waals surface area (Å²) in [7, 11) is 0. The van der Waals surface area contributed by atoms with E-state index in [4.69, 9.17) is 11.6 Å². The van der Waals surface area contributed by atoms with E-state index in [9.17, 15) is 14.9 Å². The summed E-state index contributed by atoms with van der Waals surface area (Å²) in [5.41, 5.74) is 2.05. The number of thiophene rings is 1. The van der Waals surface area contributed by atoms with Gasteiger partial charge in [0.15, 0.2) is 4.80 Å². The van der Waals surface area contributed by atoms with Crippen molar-refractivity contribution in [2.45, 2.75) is 20.4 Å². The summed E-state index contributed by atoms with van der Waals surface area (Å²) in [5.74, 6) is -0.418. The summed E-state index contributed by atoms with van der Waals surface area (Å²) < 4.78 is 2.95. The molecule has 0 fully saturated rings. The number of nitro groups is 1. The third-order valence-electron chi connectivity index (χ3n) is 3.64. The maximum absolute atomic E-state index is 12.2. The zero-order valence-corrected chi connectivity index (χ0v) is 16.3. The van der Waals surface area contributed by atoms with Gasteiger partial charge < -0.3 is 4.57 Å². The lowest BCUT2D eigenvalue weighted by Gasteiger charge is -2.03. The van der Waals surface area contributed by atoms with Crippen molar-refractivity contribution in [3.05, 3.63) is 60.7 Å². The van der Waals surface area contributed by atoms with Crippen molar-refractivity contribution in [1.82, 2.24) is 4.57 Å².